The maximum atomic E-state index is 12.1. The minimum atomic E-state index is -0.0309. The number of rotatable bonds is 6. The summed E-state index contributed by atoms with van der Waals surface area (Å²) < 4.78 is 0. The Morgan fingerprint density at radius 3 is 2.84 bits per heavy atom. The average molecular weight is 261 g/mol. The van der Waals surface area contributed by atoms with Crippen molar-refractivity contribution in [3.05, 3.63) is 29.3 Å². The van der Waals surface area contributed by atoms with E-state index in [1.165, 1.54) is 12.8 Å². The molecule has 1 aromatic carbocycles. The van der Waals surface area contributed by atoms with Crippen LogP contribution in [0.1, 0.15) is 35.7 Å². The van der Waals surface area contributed by atoms with Gasteiger partial charge in [-0.15, -0.1) is 0 Å². The number of anilines is 1. The maximum absolute atomic E-state index is 12.1. The summed E-state index contributed by atoms with van der Waals surface area (Å²) in [6.07, 6.45) is 2.60. The van der Waals surface area contributed by atoms with E-state index in [1.54, 1.807) is 6.07 Å². The number of aryl methyl sites for hydroxylation is 1. The number of hydrogen-bond acceptors (Lipinski definition) is 3. The molecule has 0 unspecified atom stereocenters. The first-order valence-corrected chi connectivity index (χ1v) is 7.00. The molecule has 19 heavy (non-hydrogen) atoms. The molecular formula is C15H23N3O. The van der Waals surface area contributed by atoms with Crippen LogP contribution >= 0.6 is 0 Å². The Hall–Kier alpha value is -1.55. The van der Waals surface area contributed by atoms with Gasteiger partial charge in [-0.3, -0.25) is 9.69 Å². The third-order valence-electron chi connectivity index (χ3n) is 3.66. The number of likely N-dealkylation sites (N-methyl/N-ethyl adjacent to an activating group) is 1. The van der Waals surface area contributed by atoms with Gasteiger partial charge in [-0.05, 0) is 44.0 Å². The number of nitrogens with zero attached hydrogens (tertiary/aromatic N) is 1. The number of carbonyl (C=O) groups excluding carboxylic acids is 1. The molecule has 4 heteroatoms. The molecule has 1 fully saturated rings. The lowest BCUT2D eigenvalue weighted by molar-refractivity contribution is 0.0947. The summed E-state index contributed by atoms with van der Waals surface area (Å²) in [6, 6.07) is 6.18. The van der Waals surface area contributed by atoms with Crippen LogP contribution in [0, 0.1) is 6.92 Å². The summed E-state index contributed by atoms with van der Waals surface area (Å²) in [5.74, 6) is -0.0309. The highest BCUT2D eigenvalue weighted by atomic mass is 16.1. The molecule has 0 bridgehead atoms. The van der Waals surface area contributed by atoms with Crippen LogP contribution in [0.25, 0.3) is 0 Å². The standard InChI is InChI=1S/C15H23N3O/c1-3-18(13-6-7-13)9-8-17-15(19)14-10-12(16)5-4-11(14)2/h4-5,10,13H,3,6-9,16H2,1-2H3,(H,17,19). The monoisotopic (exact) mass is 261 g/mol. The van der Waals surface area contributed by atoms with Crippen LogP contribution in [0.15, 0.2) is 18.2 Å². The molecule has 0 spiro atoms. The molecule has 1 amide bonds. The van der Waals surface area contributed by atoms with E-state index in [4.69, 9.17) is 5.73 Å². The summed E-state index contributed by atoms with van der Waals surface area (Å²) in [5, 5.41) is 2.98. The van der Waals surface area contributed by atoms with Gasteiger partial charge < -0.3 is 11.1 Å². The topological polar surface area (TPSA) is 58.4 Å². The summed E-state index contributed by atoms with van der Waals surface area (Å²) >= 11 is 0. The van der Waals surface area contributed by atoms with E-state index in [0.717, 1.165) is 24.7 Å². The lowest BCUT2D eigenvalue weighted by atomic mass is 10.1. The molecule has 1 aliphatic carbocycles. The Bertz CT molecular complexity index is 455. The zero-order valence-corrected chi connectivity index (χ0v) is 11.8. The van der Waals surface area contributed by atoms with Gasteiger partial charge in [-0.1, -0.05) is 13.0 Å². The van der Waals surface area contributed by atoms with Gasteiger partial charge in [0.25, 0.3) is 5.91 Å². The van der Waals surface area contributed by atoms with Crippen molar-refractivity contribution < 1.29 is 4.79 Å². The summed E-state index contributed by atoms with van der Waals surface area (Å²) in [7, 11) is 0. The minimum absolute atomic E-state index is 0.0309. The van der Waals surface area contributed by atoms with Gasteiger partial charge in [0.05, 0.1) is 0 Å². The Kier molecular flexibility index (Phi) is 4.43. The van der Waals surface area contributed by atoms with E-state index in [2.05, 4.69) is 17.1 Å². The van der Waals surface area contributed by atoms with Crippen molar-refractivity contribution in [3.8, 4) is 0 Å². The highest BCUT2D eigenvalue weighted by molar-refractivity contribution is 5.96. The smallest absolute Gasteiger partial charge is 0.251 e. The van der Waals surface area contributed by atoms with Gasteiger partial charge >= 0.3 is 0 Å². The van der Waals surface area contributed by atoms with Crippen LogP contribution in [-0.4, -0.2) is 36.5 Å². The Morgan fingerprint density at radius 1 is 1.47 bits per heavy atom. The maximum Gasteiger partial charge on any atom is 0.251 e. The quantitative estimate of drug-likeness (QED) is 0.768. The molecule has 1 saturated carbocycles. The van der Waals surface area contributed by atoms with E-state index in [-0.39, 0.29) is 5.91 Å². The molecule has 0 saturated heterocycles. The lowest BCUT2D eigenvalue weighted by Crippen LogP contribution is -2.36. The van der Waals surface area contributed by atoms with Gasteiger partial charge in [-0.2, -0.15) is 0 Å². The number of amides is 1. The van der Waals surface area contributed by atoms with Crippen molar-refractivity contribution in [1.82, 2.24) is 10.2 Å². The second-order valence-corrected chi connectivity index (χ2v) is 5.19. The third kappa shape index (κ3) is 3.70. The van der Waals surface area contributed by atoms with Crippen molar-refractivity contribution >= 4 is 11.6 Å². The van der Waals surface area contributed by atoms with E-state index < -0.39 is 0 Å². The number of benzene rings is 1. The fourth-order valence-corrected chi connectivity index (χ4v) is 2.33. The third-order valence-corrected chi connectivity index (χ3v) is 3.66. The van der Waals surface area contributed by atoms with Gasteiger partial charge in [-0.25, -0.2) is 0 Å². The number of nitrogen functional groups attached to an aromatic ring is 1. The SMILES string of the molecule is CCN(CCNC(=O)c1cc(N)ccc1C)C1CC1. The molecule has 3 N–H and O–H groups in total. The first kappa shape index (κ1) is 13.9. The normalized spacial score (nSPS) is 14.7. The van der Waals surface area contributed by atoms with E-state index in [9.17, 15) is 4.79 Å². The number of nitrogens with two attached hydrogens (primary N) is 1. The van der Waals surface area contributed by atoms with Crippen LogP contribution in [0.2, 0.25) is 0 Å². The van der Waals surface area contributed by atoms with Crippen LogP contribution in [-0.2, 0) is 0 Å². The van der Waals surface area contributed by atoms with Crippen LogP contribution in [0.5, 0.6) is 0 Å². The van der Waals surface area contributed by atoms with E-state index >= 15 is 0 Å². The van der Waals surface area contributed by atoms with Gasteiger partial charge in [0.2, 0.25) is 0 Å². The van der Waals surface area contributed by atoms with Crippen molar-refractivity contribution in [2.24, 2.45) is 0 Å². The van der Waals surface area contributed by atoms with Crippen molar-refractivity contribution in [1.29, 1.82) is 0 Å². The largest absolute Gasteiger partial charge is 0.399 e. The second kappa shape index (κ2) is 6.06. The highest BCUT2D eigenvalue weighted by Gasteiger charge is 2.27. The minimum Gasteiger partial charge on any atom is -0.399 e. The molecule has 0 atom stereocenters. The Morgan fingerprint density at radius 2 is 2.21 bits per heavy atom. The van der Waals surface area contributed by atoms with Crippen molar-refractivity contribution in [2.75, 3.05) is 25.4 Å². The second-order valence-electron chi connectivity index (χ2n) is 5.19. The number of carbonyl (C=O) groups is 1. The molecule has 0 aliphatic heterocycles. The van der Waals surface area contributed by atoms with E-state index in [0.29, 0.717) is 17.8 Å². The van der Waals surface area contributed by atoms with Crippen LogP contribution < -0.4 is 11.1 Å². The molecule has 2 rings (SSSR count). The first-order chi connectivity index (χ1) is 9.11. The van der Waals surface area contributed by atoms with Gasteiger partial charge in [0.1, 0.15) is 0 Å². The molecular weight excluding hydrogens is 238 g/mol. The summed E-state index contributed by atoms with van der Waals surface area (Å²) in [4.78, 5) is 14.5. The predicted molar refractivity (Wildman–Crippen MR) is 78.2 cm³/mol. The molecule has 1 aromatic rings. The van der Waals surface area contributed by atoms with Crippen molar-refractivity contribution in [3.63, 3.8) is 0 Å². The number of hydrogen-bond donors (Lipinski definition) is 2. The molecule has 0 aromatic heterocycles. The molecule has 4 nitrogen and oxygen atoms in total. The molecule has 0 heterocycles. The van der Waals surface area contributed by atoms with Crippen LogP contribution in [0.4, 0.5) is 5.69 Å². The molecule has 104 valence electrons. The van der Waals surface area contributed by atoms with Crippen molar-refractivity contribution in [2.45, 2.75) is 32.7 Å². The summed E-state index contributed by atoms with van der Waals surface area (Å²) in [6.45, 7) is 6.77. The summed E-state index contributed by atoms with van der Waals surface area (Å²) in [5.41, 5.74) is 7.99. The van der Waals surface area contributed by atoms with Gasteiger partial charge in [0.15, 0.2) is 0 Å². The van der Waals surface area contributed by atoms with Crippen LogP contribution in [0.3, 0.4) is 0 Å². The fraction of sp³-hybridized carbons (Fsp3) is 0.533. The van der Waals surface area contributed by atoms with E-state index in [1.807, 2.05) is 19.1 Å². The average Bonchev–Trinajstić information content (AvgIpc) is 3.21. The predicted octanol–water partition coefficient (Wildman–Crippen LogP) is 1.79. The zero-order valence-electron chi connectivity index (χ0n) is 11.8. The Balaban J connectivity index is 1.85. The fourth-order valence-electron chi connectivity index (χ4n) is 2.33. The Labute approximate surface area is 115 Å². The number of nitrogens with one attached hydrogen (secondary N) is 1. The molecule has 0 radical (unpaired) electrons. The highest BCUT2D eigenvalue weighted by Crippen LogP contribution is 2.25. The van der Waals surface area contributed by atoms with Gasteiger partial charge in [0, 0.05) is 30.4 Å². The first-order valence-electron chi connectivity index (χ1n) is 7.00. The molecule has 1 aliphatic rings. The lowest BCUT2D eigenvalue weighted by Gasteiger charge is -2.19. The zero-order chi connectivity index (χ0) is 13.8.